The summed E-state index contributed by atoms with van der Waals surface area (Å²) in [6.07, 6.45) is 1.69. The number of aromatic nitrogens is 2. The molecule has 0 aliphatic heterocycles. The first-order chi connectivity index (χ1) is 12.1. The number of nitrogens with one attached hydrogen (secondary N) is 2. The fourth-order valence-corrected chi connectivity index (χ4v) is 2.44. The van der Waals surface area contributed by atoms with Gasteiger partial charge >= 0.3 is 0 Å². The molecule has 25 heavy (non-hydrogen) atoms. The molecule has 3 rings (SSSR count). The zero-order valence-corrected chi connectivity index (χ0v) is 14.1. The molecule has 0 aliphatic rings. The van der Waals surface area contributed by atoms with Crippen LogP contribution >= 0.6 is 11.6 Å². The number of carbonyl (C=O) groups is 2. The molecule has 6 nitrogen and oxygen atoms in total. The highest BCUT2D eigenvalue weighted by Crippen LogP contribution is 2.15. The Morgan fingerprint density at radius 1 is 1.04 bits per heavy atom. The van der Waals surface area contributed by atoms with Crippen LogP contribution in [0.15, 0.2) is 60.8 Å². The van der Waals surface area contributed by atoms with Gasteiger partial charge in [-0.25, -0.2) is 4.68 Å². The number of nitrogens with zero attached hydrogens (tertiary/aromatic N) is 2. The first-order valence-corrected chi connectivity index (χ1v) is 7.90. The molecule has 0 saturated carbocycles. The summed E-state index contributed by atoms with van der Waals surface area (Å²) in [6.45, 7) is 0. The third-order valence-electron chi connectivity index (χ3n) is 3.53. The smallest absolute Gasteiger partial charge is 0.276 e. The molecule has 2 amide bonds. The van der Waals surface area contributed by atoms with E-state index in [-0.39, 0.29) is 17.5 Å². The number of amides is 2. The number of benzene rings is 2. The number of carbonyl (C=O) groups excluding carboxylic acids is 2. The van der Waals surface area contributed by atoms with Crippen LogP contribution in [-0.4, -0.2) is 28.6 Å². The van der Waals surface area contributed by atoms with E-state index in [9.17, 15) is 9.59 Å². The van der Waals surface area contributed by atoms with Gasteiger partial charge in [0.2, 0.25) is 0 Å². The van der Waals surface area contributed by atoms with Gasteiger partial charge in [-0.1, -0.05) is 17.7 Å². The van der Waals surface area contributed by atoms with Crippen molar-refractivity contribution in [1.82, 2.24) is 15.1 Å². The van der Waals surface area contributed by atoms with Crippen molar-refractivity contribution in [2.24, 2.45) is 0 Å². The van der Waals surface area contributed by atoms with Crippen molar-refractivity contribution < 1.29 is 9.59 Å². The first-order valence-electron chi connectivity index (χ1n) is 7.52. The average Bonchev–Trinajstić information content (AvgIpc) is 3.12. The molecule has 0 radical (unpaired) electrons. The van der Waals surface area contributed by atoms with Crippen LogP contribution in [0.2, 0.25) is 5.02 Å². The second-order valence-electron chi connectivity index (χ2n) is 5.24. The minimum absolute atomic E-state index is 0.182. The number of halogens is 1. The predicted molar refractivity (Wildman–Crippen MR) is 96.4 cm³/mol. The summed E-state index contributed by atoms with van der Waals surface area (Å²) in [7, 11) is 1.56. The minimum Gasteiger partial charge on any atom is -0.355 e. The fourth-order valence-electron chi connectivity index (χ4n) is 2.25. The number of hydrogen-bond donors (Lipinski definition) is 2. The Morgan fingerprint density at radius 3 is 2.48 bits per heavy atom. The fraction of sp³-hybridized carbons (Fsp3) is 0.0556. The summed E-state index contributed by atoms with van der Waals surface area (Å²) >= 11 is 5.97. The molecule has 7 heteroatoms. The topological polar surface area (TPSA) is 76.0 Å². The van der Waals surface area contributed by atoms with Crippen LogP contribution in [0.4, 0.5) is 5.69 Å². The van der Waals surface area contributed by atoms with E-state index in [1.165, 1.54) is 0 Å². The first kappa shape index (κ1) is 16.7. The molecule has 0 spiro atoms. The van der Waals surface area contributed by atoms with Gasteiger partial charge in [-0.15, -0.1) is 0 Å². The van der Waals surface area contributed by atoms with Crippen molar-refractivity contribution >= 4 is 29.1 Å². The molecule has 1 heterocycles. The van der Waals surface area contributed by atoms with E-state index >= 15 is 0 Å². The second kappa shape index (κ2) is 7.19. The summed E-state index contributed by atoms with van der Waals surface area (Å²) in [5.41, 5.74) is 2.14. The van der Waals surface area contributed by atoms with E-state index in [1.54, 1.807) is 60.4 Å². The van der Waals surface area contributed by atoms with Crippen LogP contribution in [0, 0.1) is 0 Å². The van der Waals surface area contributed by atoms with Crippen molar-refractivity contribution in [2.75, 3.05) is 12.4 Å². The minimum atomic E-state index is -0.339. The molecule has 0 unspecified atom stereocenters. The van der Waals surface area contributed by atoms with Gasteiger partial charge in [0.15, 0.2) is 5.69 Å². The van der Waals surface area contributed by atoms with Crippen molar-refractivity contribution in [1.29, 1.82) is 0 Å². The molecule has 0 atom stereocenters. The van der Waals surface area contributed by atoms with Crippen molar-refractivity contribution in [3.05, 3.63) is 77.1 Å². The van der Waals surface area contributed by atoms with E-state index in [4.69, 9.17) is 11.6 Å². The van der Waals surface area contributed by atoms with Gasteiger partial charge in [-0.2, -0.15) is 5.10 Å². The zero-order valence-electron chi connectivity index (χ0n) is 13.4. The van der Waals surface area contributed by atoms with Gasteiger partial charge in [0.05, 0.1) is 5.69 Å². The van der Waals surface area contributed by atoms with E-state index < -0.39 is 0 Å². The van der Waals surface area contributed by atoms with Crippen LogP contribution in [0.1, 0.15) is 20.8 Å². The van der Waals surface area contributed by atoms with Crippen LogP contribution in [0.5, 0.6) is 0 Å². The Hall–Kier alpha value is -3.12. The highest BCUT2D eigenvalue weighted by molar-refractivity contribution is 6.30. The van der Waals surface area contributed by atoms with E-state index in [0.29, 0.717) is 16.3 Å². The quantitative estimate of drug-likeness (QED) is 0.755. The summed E-state index contributed by atoms with van der Waals surface area (Å²) in [5, 5.41) is 10.1. The Labute approximate surface area is 149 Å². The van der Waals surface area contributed by atoms with Gasteiger partial charge in [-0.05, 0) is 48.5 Å². The summed E-state index contributed by atoms with van der Waals surface area (Å²) in [5.74, 6) is -0.522. The van der Waals surface area contributed by atoms with Crippen LogP contribution in [0.25, 0.3) is 5.69 Å². The second-order valence-corrected chi connectivity index (χ2v) is 5.67. The van der Waals surface area contributed by atoms with Gasteiger partial charge in [0, 0.05) is 29.5 Å². The maximum Gasteiger partial charge on any atom is 0.276 e. The molecule has 0 aliphatic carbocycles. The normalized spacial score (nSPS) is 10.3. The highest BCUT2D eigenvalue weighted by atomic mass is 35.5. The van der Waals surface area contributed by atoms with Crippen molar-refractivity contribution in [3.63, 3.8) is 0 Å². The van der Waals surface area contributed by atoms with Crippen LogP contribution in [0.3, 0.4) is 0 Å². The molecule has 0 fully saturated rings. The molecule has 126 valence electrons. The summed E-state index contributed by atoms with van der Waals surface area (Å²) in [4.78, 5) is 23.8. The Bertz CT molecular complexity index is 919. The molecule has 1 aromatic heterocycles. The lowest BCUT2D eigenvalue weighted by Gasteiger charge is -2.05. The third-order valence-corrected chi connectivity index (χ3v) is 3.76. The molecule has 0 saturated heterocycles. The molecule has 2 aromatic carbocycles. The zero-order chi connectivity index (χ0) is 17.8. The summed E-state index contributed by atoms with van der Waals surface area (Å²) in [6, 6.07) is 15.4. The maximum atomic E-state index is 12.3. The molecule has 2 N–H and O–H groups in total. The number of rotatable bonds is 4. The van der Waals surface area contributed by atoms with E-state index in [0.717, 1.165) is 5.69 Å². The van der Waals surface area contributed by atoms with E-state index in [2.05, 4.69) is 15.7 Å². The summed E-state index contributed by atoms with van der Waals surface area (Å²) < 4.78 is 1.58. The standard InChI is InChI=1S/C18H15ClN4O2/c1-20-17(24)12-5-7-14(8-6-12)21-18(25)16-9-10-23(22-16)15-4-2-3-13(19)11-15/h2-11H,1H3,(H,20,24)(H,21,25). The van der Waals surface area contributed by atoms with Crippen molar-refractivity contribution in [3.8, 4) is 5.69 Å². The van der Waals surface area contributed by atoms with Crippen LogP contribution < -0.4 is 10.6 Å². The molecular formula is C18H15ClN4O2. The van der Waals surface area contributed by atoms with Gasteiger partial charge in [0.1, 0.15) is 0 Å². The van der Waals surface area contributed by atoms with Gasteiger partial charge < -0.3 is 10.6 Å². The monoisotopic (exact) mass is 354 g/mol. The lowest BCUT2D eigenvalue weighted by molar-refractivity contribution is 0.0962. The number of hydrogen-bond acceptors (Lipinski definition) is 3. The lowest BCUT2D eigenvalue weighted by Crippen LogP contribution is -2.18. The predicted octanol–water partition coefficient (Wildman–Crippen LogP) is 3.14. The average molecular weight is 355 g/mol. The lowest BCUT2D eigenvalue weighted by atomic mass is 10.2. The maximum absolute atomic E-state index is 12.3. The molecule has 0 bridgehead atoms. The van der Waals surface area contributed by atoms with Gasteiger partial charge in [0.25, 0.3) is 11.8 Å². The Morgan fingerprint density at radius 2 is 1.80 bits per heavy atom. The van der Waals surface area contributed by atoms with E-state index in [1.807, 2.05) is 12.1 Å². The Balaban J connectivity index is 1.73. The van der Waals surface area contributed by atoms with Crippen LogP contribution in [-0.2, 0) is 0 Å². The third kappa shape index (κ3) is 3.87. The number of anilines is 1. The van der Waals surface area contributed by atoms with Crippen molar-refractivity contribution in [2.45, 2.75) is 0 Å². The highest BCUT2D eigenvalue weighted by Gasteiger charge is 2.11. The van der Waals surface area contributed by atoms with Gasteiger partial charge in [-0.3, -0.25) is 9.59 Å². The molecule has 3 aromatic rings. The SMILES string of the molecule is CNC(=O)c1ccc(NC(=O)c2ccn(-c3cccc(Cl)c3)n2)cc1. The largest absolute Gasteiger partial charge is 0.355 e. The molecular weight excluding hydrogens is 340 g/mol. The Kier molecular flexibility index (Phi) is 4.81.